The van der Waals surface area contributed by atoms with Crippen molar-refractivity contribution in [3.05, 3.63) is 59.4 Å². The van der Waals surface area contributed by atoms with Crippen molar-refractivity contribution in [3.63, 3.8) is 0 Å². The standard InChI is InChI=1S/C18H17FN4O2/c1-3-25-17-8-7-13(12(2)24)9-15(17)11-23-21-18(20-22-23)14-5-4-6-16(19)10-14/h4-10H,3,11H2,1-2H3. The van der Waals surface area contributed by atoms with Gasteiger partial charge < -0.3 is 4.74 Å². The molecule has 1 heterocycles. The van der Waals surface area contributed by atoms with Crippen LogP contribution in [-0.4, -0.2) is 32.6 Å². The molecule has 0 atom stereocenters. The second-order valence-electron chi connectivity index (χ2n) is 5.47. The summed E-state index contributed by atoms with van der Waals surface area (Å²) in [6.07, 6.45) is 0. The first-order valence-corrected chi connectivity index (χ1v) is 7.87. The second kappa shape index (κ2) is 7.21. The van der Waals surface area contributed by atoms with Gasteiger partial charge in [0.25, 0.3) is 0 Å². The number of carbonyl (C=O) groups excluding carboxylic acids is 1. The molecule has 0 aliphatic rings. The Morgan fingerprint density at radius 3 is 2.80 bits per heavy atom. The molecule has 0 radical (unpaired) electrons. The number of ether oxygens (including phenoxy) is 1. The van der Waals surface area contributed by atoms with Crippen LogP contribution in [-0.2, 0) is 6.54 Å². The molecule has 0 aliphatic carbocycles. The lowest BCUT2D eigenvalue weighted by molar-refractivity contribution is 0.101. The number of Topliss-reactive ketones (excluding diaryl/α,β-unsaturated/α-hetero) is 1. The lowest BCUT2D eigenvalue weighted by Gasteiger charge is -2.10. The molecule has 0 aliphatic heterocycles. The highest BCUT2D eigenvalue weighted by Gasteiger charge is 2.12. The van der Waals surface area contributed by atoms with Crippen LogP contribution >= 0.6 is 0 Å². The van der Waals surface area contributed by atoms with Crippen molar-refractivity contribution in [2.75, 3.05) is 6.61 Å². The van der Waals surface area contributed by atoms with Gasteiger partial charge in [-0.3, -0.25) is 4.79 Å². The number of aromatic nitrogens is 4. The molecule has 0 saturated heterocycles. The maximum Gasteiger partial charge on any atom is 0.205 e. The van der Waals surface area contributed by atoms with Crippen molar-refractivity contribution in [1.29, 1.82) is 0 Å². The van der Waals surface area contributed by atoms with Gasteiger partial charge >= 0.3 is 0 Å². The minimum absolute atomic E-state index is 0.0312. The Morgan fingerprint density at radius 1 is 1.24 bits per heavy atom. The number of tetrazole rings is 1. The highest BCUT2D eigenvalue weighted by Crippen LogP contribution is 2.22. The van der Waals surface area contributed by atoms with Gasteiger partial charge in [0, 0.05) is 16.7 Å². The quantitative estimate of drug-likeness (QED) is 0.645. The van der Waals surface area contributed by atoms with Crippen LogP contribution in [0.15, 0.2) is 42.5 Å². The normalized spacial score (nSPS) is 10.7. The molecule has 0 fully saturated rings. The summed E-state index contributed by atoms with van der Waals surface area (Å²) in [5.41, 5.74) is 1.91. The van der Waals surface area contributed by atoms with E-state index in [2.05, 4.69) is 15.4 Å². The van der Waals surface area contributed by atoms with Crippen molar-refractivity contribution in [2.45, 2.75) is 20.4 Å². The van der Waals surface area contributed by atoms with Gasteiger partial charge in [-0.05, 0) is 49.4 Å². The Bertz CT molecular complexity index is 908. The number of ketones is 1. The second-order valence-corrected chi connectivity index (χ2v) is 5.47. The van der Waals surface area contributed by atoms with E-state index in [4.69, 9.17) is 4.74 Å². The summed E-state index contributed by atoms with van der Waals surface area (Å²) in [6.45, 7) is 4.19. The molecular weight excluding hydrogens is 323 g/mol. The zero-order chi connectivity index (χ0) is 17.8. The molecule has 1 aromatic heterocycles. The summed E-state index contributed by atoms with van der Waals surface area (Å²) in [5, 5.41) is 12.3. The van der Waals surface area contributed by atoms with E-state index in [1.807, 2.05) is 6.92 Å². The minimum atomic E-state index is -0.360. The van der Waals surface area contributed by atoms with Crippen LogP contribution in [0.5, 0.6) is 5.75 Å². The first-order valence-electron chi connectivity index (χ1n) is 7.87. The van der Waals surface area contributed by atoms with E-state index in [0.717, 1.165) is 5.56 Å². The molecule has 0 bridgehead atoms. The summed E-state index contributed by atoms with van der Waals surface area (Å²) in [7, 11) is 0. The van der Waals surface area contributed by atoms with Gasteiger partial charge in [-0.25, -0.2) is 4.39 Å². The number of carbonyl (C=O) groups is 1. The number of rotatable bonds is 6. The minimum Gasteiger partial charge on any atom is -0.494 e. The molecule has 0 saturated carbocycles. The average molecular weight is 340 g/mol. The van der Waals surface area contributed by atoms with Crippen molar-refractivity contribution < 1.29 is 13.9 Å². The summed E-state index contributed by atoms with van der Waals surface area (Å²) in [5.74, 6) is 0.607. The largest absolute Gasteiger partial charge is 0.494 e. The number of halogens is 1. The van der Waals surface area contributed by atoms with Crippen LogP contribution in [0.25, 0.3) is 11.4 Å². The fourth-order valence-corrected chi connectivity index (χ4v) is 2.42. The number of benzene rings is 2. The number of hydrogen-bond donors (Lipinski definition) is 0. The van der Waals surface area contributed by atoms with Gasteiger partial charge in [-0.2, -0.15) is 4.80 Å². The fraction of sp³-hybridized carbons (Fsp3) is 0.222. The van der Waals surface area contributed by atoms with E-state index in [1.165, 1.54) is 23.9 Å². The van der Waals surface area contributed by atoms with Crippen LogP contribution in [0.4, 0.5) is 4.39 Å². The van der Waals surface area contributed by atoms with E-state index in [9.17, 15) is 9.18 Å². The van der Waals surface area contributed by atoms with Gasteiger partial charge in [-0.1, -0.05) is 12.1 Å². The summed E-state index contributed by atoms with van der Waals surface area (Å²) in [4.78, 5) is 13.0. The van der Waals surface area contributed by atoms with Crippen molar-refractivity contribution in [3.8, 4) is 17.1 Å². The molecule has 25 heavy (non-hydrogen) atoms. The SMILES string of the molecule is CCOc1ccc(C(C)=O)cc1Cn1nnc(-c2cccc(F)c2)n1. The zero-order valence-electron chi connectivity index (χ0n) is 13.9. The Kier molecular flexibility index (Phi) is 4.83. The third kappa shape index (κ3) is 3.88. The molecule has 3 rings (SSSR count). The number of hydrogen-bond acceptors (Lipinski definition) is 5. The Balaban J connectivity index is 1.89. The highest BCUT2D eigenvalue weighted by molar-refractivity contribution is 5.94. The van der Waals surface area contributed by atoms with Gasteiger partial charge in [0.2, 0.25) is 5.82 Å². The Labute approximate surface area is 144 Å². The zero-order valence-corrected chi connectivity index (χ0v) is 13.9. The third-order valence-corrected chi connectivity index (χ3v) is 3.61. The molecule has 0 amide bonds. The van der Waals surface area contributed by atoms with Crippen LogP contribution in [0.2, 0.25) is 0 Å². The first kappa shape index (κ1) is 16.8. The highest BCUT2D eigenvalue weighted by atomic mass is 19.1. The van der Waals surface area contributed by atoms with Crippen molar-refractivity contribution in [2.24, 2.45) is 0 Å². The lowest BCUT2D eigenvalue weighted by Crippen LogP contribution is -2.08. The van der Waals surface area contributed by atoms with Gasteiger partial charge in [0.05, 0.1) is 13.2 Å². The fourth-order valence-electron chi connectivity index (χ4n) is 2.42. The van der Waals surface area contributed by atoms with Gasteiger partial charge in [-0.15, -0.1) is 10.2 Å². The molecular formula is C18H17FN4O2. The lowest BCUT2D eigenvalue weighted by atomic mass is 10.1. The topological polar surface area (TPSA) is 69.9 Å². The predicted molar refractivity (Wildman–Crippen MR) is 89.9 cm³/mol. The summed E-state index contributed by atoms with van der Waals surface area (Å²) < 4.78 is 18.9. The van der Waals surface area contributed by atoms with Crippen molar-refractivity contribution >= 4 is 5.78 Å². The maximum atomic E-state index is 13.3. The summed E-state index contributed by atoms with van der Waals surface area (Å²) in [6, 6.07) is 11.3. The monoisotopic (exact) mass is 340 g/mol. The average Bonchev–Trinajstić information content (AvgIpc) is 3.05. The van der Waals surface area contributed by atoms with Gasteiger partial charge in [0.15, 0.2) is 5.78 Å². The third-order valence-electron chi connectivity index (χ3n) is 3.61. The van der Waals surface area contributed by atoms with E-state index >= 15 is 0 Å². The van der Waals surface area contributed by atoms with Crippen LogP contribution < -0.4 is 4.74 Å². The van der Waals surface area contributed by atoms with Crippen LogP contribution in [0, 0.1) is 5.82 Å². The molecule has 6 nitrogen and oxygen atoms in total. The molecule has 2 aromatic carbocycles. The molecule has 7 heteroatoms. The van der Waals surface area contributed by atoms with Crippen LogP contribution in [0.1, 0.15) is 29.8 Å². The molecule has 0 N–H and O–H groups in total. The van der Waals surface area contributed by atoms with Crippen LogP contribution in [0.3, 0.4) is 0 Å². The number of nitrogens with zero attached hydrogens (tertiary/aromatic N) is 4. The maximum absolute atomic E-state index is 13.3. The van der Waals surface area contributed by atoms with E-state index in [1.54, 1.807) is 30.3 Å². The van der Waals surface area contributed by atoms with Crippen molar-refractivity contribution in [1.82, 2.24) is 20.2 Å². The van der Waals surface area contributed by atoms with E-state index in [-0.39, 0.29) is 11.6 Å². The predicted octanol–water partition coefficient (Wildman–Crippen LogP) is 3.13. The Hall–Kier alpha value is -3.09. The van der Waals surface area contributed by atoms with E-state index in [0.29, 0.717) is 35.9 Å². The molecule has 0 unspecified atom stereocenters. The molecule has 3 aromatic rings. The summed E-state index contributed by atoms with van der Waals surface area (Å²) >= 11 is 0. The van der Waals surface area contributed by atoms with E-state index < -0.39 is 0 Å². The smallest absolute Gasteiger partial charge is 0.205 e. The molecule has 128 valence electrons. The van der Waals surface area contributed by atoms with Gasteiger partial charge in [0.1, 0.15) is 11.6 Å². The Morgan fingerprint density at radius 2 is 2.08 bits per heavy atom. The molecule has 0 spiro atoms. The first-order chi connectivity index (χ1) is 12.1.